The number of hydrogen-bond acceptors (Lipinski definition) is 4. The zero-order valence-electron chi connectivity index (χ0n) is 11.7. The number of amides is 1. The number of hydrogen-bond donors (Lipinski definition) is 3. The standard InChI is InChI=1S/C15H17ClN4O/c1-2-14(21)19-12-7-8-13(20-15(12)17)18-9-10-5-3-4-6-11(10)16/h3-8H,2,9H2,1H3,(H,19,21)(H3,17,18,20). The number of rotatable bonds is 5. The molecule has 0 saturated heterocycles. The average Bonchev–Trinajstić information content (AvgIpc) is 2.48. The van der Waals surface area contributed by atoms with Crippen molar-refractivity contribution in [2.45, 2.75) is 19.9 Å². The van der Waals surface area contributed by atoms with Crippen molar-refractivity contribution < 1.29 is 4.79 Å². The molecule has 0 aliphatic heterocycles. The largest absolute Gasteiger partial charge is 0.382 e. The molecular weight excluding hydrogens is 288 g/mol. The van der Waals surface area contributed by atoms with Gasteiger partial charge in [-0.1, -0.05) is 36.7 Å². The van der Waals surface area contributed by atoms with Gasteiger partial charge in [-0.15, -0.1) is 0 Å². The molecule has 1 amide bonds. The first-order valence-corrected chi connectivity index (χ1v) is 7.01. The summed E-state index contributed by atoms with van der Waals surface area (Å²) < 4.78 is 0. The third kappa shape index (κ3) is 4.10. The number of nitrogen functional groups attached to an aromatic ring is 1. The van der Waals surface area contributed by atoms with Crippen molar-refractivity contribution in [3.05, 3.63) is 47.0 Å². The normalized spacial score (nSPS) is 10.2. The first kappa shape index (κ1) is 15.1. The van der Waals surface area contributed by atoms with Crippen LogP contribution in [0.5, 0.6) is 0 Å². The van der Waals surface area contributed by atoms with Crippen LogP contribution in [0.15, 0.2) is 36.4 Å². The summed E-state index contributed by atoms with van der Waals surface area (Å²) in [5.74, 6) is 0.808. The second-order valence-corrected chi connectivity index (χ2v) is 4.88. The molecule has 0 aliphatic carbocycles. The SMILES string of the molecule is CCC(=O)Nc1ccc(NCc2ccccc2Cl)nc1N. The molecule has 6 heteroatoms. The Hall–Kier alpha value is -2.27. The molecule has 21 heavy (non-hydrogen) atoms. The van der Waals surface area contributed by atoms with Gasteiger partial charge in [0, 0.05) is 18.0 Å². The fourth-order valence-electron chi connectivity index (χ4n) is 1.75. The fraction of sp³-hybridized carbons (Fsp3) is 0.200. The molecule has 110 valence electrons. The number of nitrogens with two attached hydrogens (primary N) is 1. The van der Waals surface area contributed by atoms with E-state index in [2.05, 4.69) is 15.6 Å². The predicted octanol–water partition coefficient (Wildman–Crippen LogP) is 3.28. The van der Waals surface area contributed by atoms with E-state index in [4.69, 9.17) is 17.3 Å². The Morgan fingerprint density at radius 1 is 1.29 bits per heavy atom. The number of nitrogens with one attached hydrogen (secondary N) is 2. The third-order valence-electron chi connectivity index (χ3n) is 2.94. The first-order valence-electron chi connectivity index (χ1n) is 6.63. The van der Waals surface area contributed by atoms with Gasteiger partial charge in [-0.3, -0.25) is 4.79 Å². The summed E-state index contributed by atoms with van der Waals surface area (Å²) in [6, 6.07) is 11.1. The number of halogens is 1. The van der Waals surface area contributed by atoms with Crippen molar-refractivity contribution in [1.29, 1.82) is 0 Å². The highest BCUT2D eigenvalue weighted by molar-refractivity contribution is 6.31. The highest BCUT2D eigenvalue weighted by atomic mass is 35.5. The molecule has 0 aliphatic rings. The average molecular weight is 305 g/mol. The van der Waals surface area contributed by atoms with Crippen LogP contribution in [-0.4, -0.2) is 10.9 Å². The Morgan fingerprint density at radius 3 is 2.71 bits per heavy atom. The maximum absolute atomic E-state index is 11.3. The molecule has 1 heterocycles. The van der Waals surface area contributed by atoms with Crippen molar-refractivity contribution >= 4 is 34.8 Å². The number of nitrogens with zero attached hydrogens (tertiary/aromatic N) is 1. The number of pyridine rings is 1. The van der Waals surface area contributed by atoms with Gasteiger partial charge in [-0.2, -0.15) is 0 Å². The van der Waals surface area contributed by atoms with Crippen LogP contribution in [0.2, 0.25) is 5.02 Å². The van der Waals surface area contributed by atoms with Crippen LogP contribution < -0.4 is 16.4 Å². The summed E-state index contributed by atoms with van der Waals surface area (Å²) in [6.07, 6.45) is 0.395. The van der Waals surface area contributed by atoms with E-state index in [1.807, 2.05) is 24.3 Å². The highest BCUT2D eigenvalue weighted by Gasteiger charge is 2.06. The molecule has 2 aromatic rings. The Morgan fingerprint density at radius 2 is 2.05 bits per heavy atom. The Bertz CT molecular complexity index is 645. The Balaban J connectivity index is 2.03. The van der Waals surface area contributed by atoms with Crippen molar-refractivity contribution in [1.82, 2.24) is 4.98 Å². The summed E-state index contributed by atoms with van der Waals surface area (Å²) in [5.41, 5.74) is 7.32. The molecule has 5 nitrogen and oxygen atoms in total. The lowest BCUT2D eigenvalue weighted by atomic mass is 10.2. The minimum absolute atomic E-state index is 0.0970. The maximum Gasteiger partial charge on any atom is 0.224 e. The van der Waals surface area contributed by atoms with Gasteiger partial charge >= 0.3 is 0 Å². The van der Waals surface area contributed by atoms with Gasteiger partial charge in [0.1, 0.15) is 11.6 Å². The van der Waals surface area contributed by atoms with E-state index < -0.39 is 0 Å². The molecule has 4 N–H and O–H groups in total. The fourth-order valence-corrected chi connectivity index (χ4v) is 1.95. The Kier molecular flexibility index (Phi) is 5.00. The molecule has 0 spiro atoms. The molecule has 1 aromatic carbocycles. The van der Waals surface area contributed by atoms with Crippen LogP contribution in [0.1, 0.15) is 18.9 Å². The maximum atomic E-state index is 11.3. The molecular formula is C15H17ClN4O. The van der Waals surface area contributed by atoms with Crippen LogP contribution in [-0.2, 0) is 11.3 Å². The van der Waals surface area contributed by atoms with E-state index in [9.17, 15) is 4.79 Å². The van der Waals surface area contributed by atoms with E-state index in [1.54, 1.807) is 19.1 Å². The lowest BCUT2D eigenvalue weighted by Crippen LogP contribution is -2.12. The number of carbonyl (C=O) groups excluding carboxylic acids is 1. The predicted molar refractivity (Wildman–Crippen MR) is 86.3 cm³/mol. The monoisotopic (exact) mass is 304 g/mol. The zero-order valence-corrected chi connectivity index (χ0v) is 12.4. The molecule has 0 fully saturated rings. The molecule has 0 saturated carbocycles. The van der Waals surface area contributed by atoms with Crippen molar-refractivity contribution in [3.63, 3.8) is 0 Å². The van der Waals surface area contributed by atoms with Gasteiger partial charge in [0.15, 0.2) is 0 Å². The van der Waals surface area contributed by atoms with E-state index in [1.165, 1.54) is 0 Å². The summed E-state index contributed by atoms with van der Waals surface area (Å²) in [4.78, 5) is 15.6. The number of carbonyl (C=O) groups is 1. The van der Waals surface area contributed by atoms with Crippen LogP contribution in [0.3, 0.4) is 0 Å². The van der Waals surface area contributed by atoms with Crippen molar-refractivity contribution in [3.8, 4) is 0 Å². The summed E-state index contributed by atoms with van der Waals surface area (Å²) in [6.45, 7) is 2.32. The summed E-state index contributed by atoms with van der Waals surface area (Å²) in [7, 11) is 0. The molecule has 1 aromatic heterocycles. The van der Waals surface area contributed by atoms with Gasteiger partial charge in [0.2, 0.25) is 5.91 Å². The third-order valence-corrected chi connectivity index (χ3v) is 3.31. The quantitative estimate of drug-likeness (QED) is 0.792. The minimum Gasteiger partial charge on any atom is -0.382 e. The van der Waals surface area contributed by atoms with Crippen molar-refractivity contribution in [2.75, 3.05) is 16.4 Å². The first-order chi connectivity index (χ1) is 10.1. The van der Waals surface area contributed by atoms with Gasteiger partial charge in [-0.05, 0) is 23.8 Å². The van der Waals surface area contributed by atoms with Crippen molar-refractivity contribution in [2.24, 2.45) is 0 Å². The number of anilines is 3. The van der Waals surface area contributed by atoms with Gasteiger partial charge < -0.3 is 16.4 Å². The second-order valence-electron chi connectivity index (χ2n) is 4.48. The Labute approximate surface area is 128 Å². The van der Waals surface area contributed by atoms with E-state index in [0.29, 0.717) is 29.5 Å². The molecule has 0 atom stereocenters. The highest BCUT2D eigenvalue weighted by Crippen LogP contribution is 2.20. The van der Waals surface area contributed by atoms with Gasteiger partial charge in [0.05, 0.1) is 5.69 Å². The van der Waals surface area contributed by atoms with Crippen LogP contribution in [0, 0.1) is 0 Å². The molecule has 0 radical (unpaired) electrons. The van der Waals surface area contributed by atoms with Gasteiger partial charge in [0.25, 0.3) is 0 Å². The van der Waals surface area contributed by atoms with E-state index in [-0.39, 0.29) is 11.7 Å². The molecule has 2 rings (SSSR count). The zero-order chi connectivity index (χ0) is 15.2. The molecule has 0 bridgehead atoms. The summed E-state index contributed by atoms with van der Waals surface area (Å²) in [5, 5.41) is 6.54. The summed E-state index contributed by atoms with van der Waals surface area (Å²) >= 11 is 6.09. The van der Waals surface area contributed by atoms with Crippen LogP contribution in [0.25, 0.3) is 0 Å². The lowest BCUT2D eigenvalue weighted by molar-refractivity contribution is -0.115. The van der Waals surface area contributed by atoms with E-state index >= 15 is 0 Å². The number of aromatic nitrogens is 1. The number of benzene rings is 1. The topological polar surface area (TPSA) is 80.0 Å². The van der Waals surface area contributed by atoms with Crippen LogP contribution in [0.4, 0.5) is 17.3 Å². The van der Waals surface area contributed by atoms with Gasteiger partial charge in [-0.25, -0.2) is 4.98 Å². The smallest absolute Gasteiger partial charge is 0.224 e. The second kappa shape index (κ2) is 6.95. The van der Waals surface area contributed by atoms with E-state index in [0.717, 1.165) is 5.56 Å². The minimum atomic E-state index is -0.0970. The lowest BCUT2D eigenvalue weighted by Gasteiger charge is -2.10. The van der Waals surface area contributed by atoms with Crippen LogP contribution >= 0.6 is 11.6 Å². The molecule has 0 unspecified atom stereocenters.